The molecule has 1 atom stereocenters. The average Bonchev–Trinajstić information content (AvgIpc) is 2.99. The molecule has 2 heterocycles. The quantitative estimate of drug-likeness (QED) is 0.828. The molecule has 26 heavy (non-hydrogen) atoms. The molecule has 144 valence electrons. The number of aromatic nitrogens is 1. The lowest BCUT2D eigenvalue weighted by Gasteiger charge is -2.34. The maximum Gasteiger partial charge on any atom is 0.255 e. The summed E-state index contributed by atoms with van der Waals surface area (Å²) in [5, 5.41) is 2.76. The van der Waals surface area contributed by atoms with Gasteiger partial charge in [0.2, 0.25) is 11.8 Å². The van der Waals surface area contributed by atoms with Gasteiger partial charge in [0, 0.05) is 24.9 Å². The zero-order valence-electron chi connectivity index (χ0n) is 14.7. The molecule has 1 N–H and O–H groups in total. The summed E-state index contributed by atoms with van der Waals surface area (Å²) in [5.41, 5.74) is 0.352. The van der Waals surface area contributed by atoms with Gasteiger partial charge in [0.1, 0.15) is 6.10 Å². The van der Waals surface area contributed by atoms with Gasteiger partial charge >= 0.3 is 0 Å². The summed E-state index contributed by atoms with van der Waals surface area (Å²) in [6.07, 6.45) is 0.0671. The topological polar surface area (TPSA) is 63.7 Å². The van der Waals surface area contributed by atoms with Crippen LogP contribution in [-0.4, -0.2) is 54.6 Å². The number of amides is 1. The van der Waals surface area contributed by atoms with Crippen LogP contribution in [-0.2, 0) is 11.3 Å². The Balaban J connectivity index is 1.64. The molecule has 1 aromatic heterocycles. The number of halogens is 3. The highest BCUT2D eigenvalue weighted by Crippen LogP contribution is 2.40. The summed E-state index contributed by atoms with van der Waals surface area (Å²) < 4.78 is 50.3. The van der Waals surface area contributed by atoms with Crippen molar-refractivity contribution >= 4 is 5.91 Å². The van der Waals surface area contributed by atoms with Crippen molar-refractivity contribution in [1.82, 2.24) is 15.2 Å². The molecule has 0 spiro atoms. The van der Waals surface area contributed by atoms with E-state index >= 15 is 0 Å². The van der Waals surface area contributed by atoms with Gasteiger partial charge in [-0.25, -0.2) is 13.2 Å². The molecule has 9 heteroatoms. The number of likely N-dealkylation sites (N-methyl/N-ethyl adjacent to an activating group) is 1. The predicted molar refractivity (Wildman–Crippen MR) is 86.8 cm³/mol. The van der Waals surface area contributed by atoms with E-state index in [0.717, 1.165) is 25.5 Å². The van der Waals surface area contributed by atoms with Gasteiger partial charge in [0.15, 0.2) is 5.82 Å². The standard InChI is InChI=1S/C17H22F3N3O3/c1-23-5-3-4-13(23)14(24)21-9-10-6-12(18)16(22-15(10)25-2)26-11-7-17(19,20)8-11/h6,11,13H,3-5,7-9H2,1-2H3,(H,21,24)/t13-/m0/s1. The van der Waals surface area contributed by atoms with Crippen molar-refractivity contribution in [2.24, 2.45) is 0 Å². The number of carbonyl (C=O) groups excluding carboxylic acids is 1. The highest BCUT2D eigenvalue weighted by molar-refractivity contribution is 5.82. The molecule has 3 rings (SSSR count). The molecule has 1 aliphatic carbocycles. The van der Waals surface area contributed by atoms with Gasteiger partial charge < -0.3 is 14.8 Å². The monoisotopic (exact) mass is 373 g/mol. The molecule has 0 bridgehead atoms. The van der Waals surface area contributed by atoms with Gasteiger partial charge in [0.05, 0.1) is 13.2 Å². The second kappa shape index (κ2) is 7.30. The van der Waals surface area contributed by atoms with Crippen LogP contribution >= 0.6 is 0 Å². The van der Waals surface area contributed by atoms with Crippen LogP contribution in [0.15, 0.2) is 6.07 Å². The first kappa shape index (κ1) is 18.8. The van der Waals surface area contributed by atoms with Gasteiger partial charge in [-0.3, -0.25) is 9.69 Å². The van der Waals surface area contributed by atoms with Gasteiger partial charge in [-0.2, -0.15) is 4.98 Å². The maximum atomic E-state index is 14.2. The largest absolute Gasteiger partial charge is 0.481 e. The number of hydrogen-bond acceptors (Lipinski definition) is 5. The van der Waals surface area contributed by atoms with Crippen LogP contribution in [0.3, 0.4) is 0 Å². The van der Waals surface area contributed by atoms with Crippen molar-refractivity contribution in [2.75, 3.05) is 20.7 Å². The predicted octanol–water partition coefficient (Wildman–Crippen LogP) is 2.12. The second-order valence-corrected chi connectivity index (χ2v) is 6.80. The van der Waals surface area contributed by atoms with Gasteiger partial charge in [-0.15, -0.1) is 0 Å². The first-order chi connectivity index (χ1) is 12.3. The number of alkyl halides is 2. The molecular weight excluding hydrogens is 351 g/mol. The second-order valence-electron chi connectivity index (χ2n) is 6.80. The van der Waals surface area contributed by atoms with Crippen LogP contribution in [0.1, 0.15) is 31.2 Å². The van der Waals surface area contributed by atoms with Crippen molar-refractivity contribution in [3.05, 3.63) is 17.4 Å². The van der Waals surface area contributed by atoms with E-state index in [-0.39, 0.29) is 30.3 Å². The van der Waals surface area contributed by atoms with E-state index in [1.807, 2.05) is 11.9 Å². The van der Waals surface area contributed by atoms with Crippen molar-refractivity contribution in [2.45, 2.75) is 50.3 Å². The molecule has 2 aliphatic rings. The summed E-state index contributed by atoms with van der Waals surface area (Å²) in [4.78, 5) is 18.1. The van der Waals surface area contributed by atoms with E-state index in [9.17, 15) is 18.0 Å². The zero-order chi connectivity index (χ0) is 18.9. The summed E-state index contributed by atoms with van der Waals surface area (Å²) in [6, 6.07) is 0.957. The molecule has 6 nitrogen and oxygen atoms in total. The first-order valence-electron chi connectivity index (χ1n) is 8.55. The summed E-state index contributed by atoms with van der Waals surface area (Å²) in [6.45, 7) is 0.919. The molecule has 0 aromatic carbocycles. The molecule has 1 saturated carbocycles. The lowest BCUT2D eigenvalue weighted by molar-refractivity contribution is -0.136. The van der Waals surface area contributed by atoms with Crippen LogP contribution in [0, 0.1) is 5.82 Å². The van der Waals surface area contributed by atoms with Gasteiger partial charge in [-0.1, -0.05) is 0 Å². The molecule has 1 amide bonds. The Hall–Kier alpha value is -2.03. The summed E-state index contributed by atoms with van der Waals surface area (Å²) >= 11 is 0. The van der Waals surface area contributed by atoms with Crippen molar-refractivity contribution in [1.29, 1.82) is 0 Å². The Morgan fingerprint density at radius 2 is 2.15 bits per heavy atom. The number of nitrogens with one attached hydrogen (secondary N) is 1. The first-order valence-corrected chi connectivity index (χ1v) is 8.55. The van der Waals surface area contributed by atoms with Gasteiger partial charge in [-0.05, 0) is 32.5 Å². The van der Waals surface area contributed by atoms with E-state index in [0.29, 0.717) is 5.56 Å². The third kappa shape index (κ3) is 4.03. The fourth-order valence-electron chi connectivity index (χ4n) is 3.27. The molecule has 0 unspecified atom stereocenters. The Labute approximate surface area is 149 Å². The normalized spacial score (nSPS) is 22.7. The number of pyridine rings is 1. The SMILES string of the molecule is COc1nc(OC2CC(F)(F)C2)c(F)cc1CNC(=O)[C@@H]1CCCN1C. The number of likely N-dealkylation sites (tertiary alicyclic amines) is 1. The third-order valence-corrected chi connectivity index (χ3v) is 4.78. The fourth-order valence-corrected chi connectivity index (χ4v) is 3.27. The molecule has 1 aromatic rings. The van der Waals surface area contributed by atoms with Crippen molar-refractivity contribution in [3.63, 3.8) is 0 Å². The van der Waals surface area contributed by atoms with Crippen molar-refractivity contribution in [3.8, 4) is 11.8 Å². The maximum absolute atomic E-state index is 14.2. The van der Waals surface area contributed by atoms with Crippen molar-refractivity contribution < 1.29 is 27.4 Å². The summed E-state index contributed by atoms with van der Waals surface area (Å²) in [5.74, 6) is -3.95. The van der Waals surface area contributed by atoms with Crippen LogP contribution in [0.2, 0.25) is 0 Å². The summed E-state index contributed by atoms with van der Waals surface area (Å²) in [7, 11) is 3.24. The Morgan fingerprint density at radius 3 is 2.73 bits per heavy atom. The number of carbonyl (C=O) groups is 1. The molecule has 1 aliphatic heterocycles. The third-order valence-electron chi connectivity index (χ3n) is 4.78. The highest BCUT2D eigenvalue weighted by Gasteiger charge is 2.47. The van der Waals surface area contributed by atoms with E-state index in [2.05, 4.69) is 10.3 Å². The van der Waals surface area contributed by atoms with Crippen LogP contribution in [0.4, 0.5) is 13.2 Å². The van der Waals surface area contributed by atoms with E-state index in [1.165, 1.54) is 7.11 Å². The molecule has 1 saturated heterocycles. The highest BCUT2D eigenvalue weighted by atomic mass is 19.3. The van der Waals surface area contributed by atoms with Crippen LogP contribution < -0.4 is 14.8 Å². The van der Waals surface area contributed by atoms with Gasteiger partial charge in [0.25, 0.3) is 11.8 Å². The molecule has 0 radical (unpaired) electrons. The number of hydrogen-bond donors (Lipinski definition) is 1. The molecular formula is C17H22F3N3O3. The Morgan fingerprint density at radius 1 is 1.42 bits per heavy atom. The smallest absolute Gasteiger partial charge is 0.255 e. The number of nitrogens with zero attached hydrogens (tertiary/aromatic N) is 2. The fraction of sp³-hybridized carbons (Fsp3) is 0.647. The van der Waals surface area contributed by atoms with Crippen LogP contribution in [0.25, 0.3) is 0 Å². The lowest BCUT2D eigenvalue weighted by Crippen LogP contribution is -2.43. The molecule has 2 fully saturated rings. The average molecular weight is 373 g/mol. The number of ether oxygens (including phenoxy) is 2. The minimum atomic E-state index is -2.76. The minimum absolute atomic E-state index is 0.0536. The number of methoxy groups -OCH3 is 1. The lowest BCUT2D eigenvalue weighted by atomic mass is 9.91. The zero-order valence-corrected chi connectivity index (χ0v) is 14.7. The Bertz CT molecular complexity index is 679. The van der Waals surface area contributed by atoms with E-state index in [1.54, 1.807) is 0 Å². The minimum Gasteiger partial charge on any atom is -0.481 e. The Kier molecular flexibility index (Phi) is 5.27. The van der Waals surface area contributed by atoms with E-state index in [4.69, 9.17) is 9.47 Å². The number of rotatable bonds is 6. The van der Waals surface area contributed by atoms with E-state index < -0.39 is 30.7 Å². The van der Waals surface area contributed by atoms with Crippen LogP contribution in [0.5, 0.6) is 11.8 Å².